The monoisotopic (exact) mass is 388 g/mol. The Kier molecular flexibility index (Phi) is 7.00. The number of halogens is 1. The average Bonchev–Trinajstić information content (AvgIpc) is 3.15. The number of benzene rings is 2. The first-order valence-electron chi connectivity index (χ1n) is 9.73. The van der Waals surface area contributed by atoms with E-state index in [-0.39, 0.29) is 12.4 Å². The van der Waals surface area contributed by atoms with Crippen molar-refractivity contribution in [3.05, 3.63) is 59.7 Å². The summed E-state index contributed by atoms with van der Waals surface area (Å²) in [6.45, 7) is 4.99. The molecule has 1 unspecified atom stereocenters. The standard InChI is InChI=1S/C22H28N2O2.ClH/c25-21(17-26-22-10-9-18-5-4-6-19(18)15-22)16-23-11-13-24(14-12-23)20-7-2-1-3-8-20;/h1-3,7-10,15,21,25H,4-6,11-14,16-17H2;1H. The third-order valence-electron chi connectivity index (χ3n) is 5.47. The summed E-state index contributed by atoms with van der Waals surface area (Å²) in [6.07, 6.45) is 3.14. The van der Waals surface area contributed by atoms with Crippen molar-refractivity contribution >= 4 is 18.1 Å². The van der Waals surface area contributed by atoms with Crippen LogP contribution in [0.1, 0.15) is 17.5 Å². The quantitative estimate of drug-likeness (QED) is 0.824. The van der Waals surface area contributed by atoms with Crippen molar-refractivity contribution in [3.8, 4) is 5.75 Å². The van der Waals surface area contributed by atoms with Crippen LogP contribution in [0.15, 0.2) is 48.5 Å². The minimum atomic E-state index is -0.452. The van der Waals surface area contributed by atoms with Gasteiger partial charge in [-0.15, -0.1) is 12.4 Å². The Morgan fingerprint density at radius 3 is 2.44 bits per heavy atom. The SMILES string of the molecule is Cl.OC(COc1ccc2c(c1)CCC2)CN1CCN(c2ccccc2)CC1. The van der Waals surface area contributed by atoms with E-state index in [4.69, 9.17) is 4.74 Å². The normalized spacial score (nSPS) is 17.9. The Balaban J connectivity index is 0.00000210. The molecule has 1 aliphatic heterocycles. The van der Waals surface area contributed by atoms with E-state index in [9.17, 15) is 5.11 Å². The van der Waals surface area contributed by atoms with Crippen molar-refractivity contribution in [2.45, 2.75) is 25.4 Å². The molecule has 1 saturated heterocycles. The first-order chi connectivity index (χ1) is 12.8. The third-order valence-corrected chi connectivity index (χ3v) is 5.47. The number of rotatable bonds is 6. The van der Waals surface area contributed by atoms with E-state index in [1.807, 2.05) is 6.07 Å². The molecule has 1 atom stereocenters. The number of fused-ring (bicyclic) bond motifs is 1. The van der Waals surface area contributed by atoms with Gasteiger partial charge in [0, 0.05) is 38.4 Å². The maximum absolute atomic E-state index is 10.4. The second kappa shape index (κ2) is 9.45. The van der Waals surface area contributed by atoms with Gasteiger partial charge in [0.05, 0.1) is 0 Å². The number of nitrogens with zero attached hydrogens (tertiary/aromatic N) is 2. The molecule has 5 heteroatoms. The first-order valence-corrected chi connectivity index (χ1v) is 9.73. The molecule has 0 spiro atoms. The van der Waals surface area contributed by atoms with Gasteiger partial charge in [-0.2, -0.15) is 0 Å². The zero-order chi connectivity index (χ0) is 17.8. The van der Waals surface area contributed by atoms with Gasteiger partial charge in [0.1, 0.15) is 18.5 Å². The van der Waals surface area contributed by atoms with Gasteiger partial charge >= 0.3 is 0 Å². The fourth-order valence-electron chi connectivity index (χ4n) is 4.01. The van der Waals surface area contributed by atoms with Crippen LogP contribution in [0.3, 0.4) is 0 Å². The summed E-state index contributed by atoms with van der Waals surface area (Å²) in [5.74, 6) is 0.888. The molecule has 2 aromatic carbocycles. The summed E-state index contributed by atoms with van der Waals surface area (Å²) >= 11 is 0. The van der Waals surface area contributed by atoms with Crippen LogP contribution in [0.5, 0.6) is 5.75 Å². The highest BCUT2D eigenvalue weighted by Gasteiger charge is 2.20. The van der Waals surface area contributed by atoms with Crippen LogP contribution in [-0.4, -0.2) is 55.4 Å². The summed E-state index contributed by atoms with van der Waals surface area (Å²) < 4.78 is 5.84. The minimum absolute atomic E-state index is 0. The van der Waals surface area contributed by atoms with Crippen LogP contribution in [0.4, 0.5) is 5.69 Å². The Morgan fingerprint density at radius 1 is 0.926 bits per heavy atom. The van der Waals surface area contributed by atoms with Crippen molar-refractivity contribution in [2.75, 3.05) is 44.2 Å². The lowest BCUT2D eigenvalue weighted by Crippen LogP contribution is -2.49. The molecule has 27 heavy (non-hydrogen) atoms. The maximum Gasteiger partial charge on any atom is 0.119 e. The molecule has 0 radical (unpaired) electrons. The lowest BCUT2D eigenvalue weighted by atomic mass is 10.1. The van der Waals surface area contributed by atoms with Crippen molar-refractivity contribution < 1.29 is 9.84 Å². The van der Waals surface area contributed by atoms with Gasteiger partial charge in [-0.05, 0) is 54.7 Å². The molecular formula is C22H29ClN2O2. The fourth-order valence-corrected chi connectivity index (χ4v) is 4.01. The Labute approximate surface area is 168 Å². The topological polar surface area (TPSA) is 35.9 Å². The summed E-state index contributed by atoms with van der Waals surface area (Å²) in [4.78, 5) is 4.74. The zero-order valence-electron chi connectivity index (χ0n) is 15.7. The van der Waals surface area contributed by atoms with E-state index < -0.39 is 6.10 Å². The number of piperazine rings is 1. The number of hydrogen-bond acceptors (Lipinski definition) is 4. The number of aryl methyl sites for hydroxylation is 2. The summed E-state index contributed by atoms with van der Waals surface area (Å²) in [5, 5.41) is 10.4. The molecule has 146 valence electrons. The van der Waals surface area contributed by atoms with E-state index in [1.165, 1.54) is 29.7 Å². The summed E-state index contributed by atoms with van der Waals surface area (Å²) in [6, 6.07) is 16.9. The Hall–Kier alpha value is -1.75. The highest BCUT2D eigenvalue weighted by atomic mass is 35.5. The van der Waals surface area contributed by atoms with E-state index in [2.05, 4.69) is 52.3 Å². The number of ether oxygens (including phenoxy) is 1. The van der Waals surface area contributed by atoms with Gasteiger partial charge in [-0.25, -0.2) is 0 Å². The Morgan fingerprint density at radius 2 is 1.67 bits per heavy atom. The highest BCUT2D eigenvalue weighted by Crippen LogP contribution is 2.26. The van der Waals surface area contributed by atoms with Gasteiger partial charge in [0.15, 0.2) is 0 Å². The average molecular weight is 389 g/mol. The molecule has 4 rings (SSSR count). The van der Waals surface area contributed by atoms with Gasteiger partial charge < -0.3 is 14.7 Å². The molecule has 0 aromatic heterocycles. The molecule has 1 aliphatic carbocycles. The van der Waals surface area contributed by atoms with Crippen LogP contribution in [0.25, 0.3) is 0 Å². The highest BCUT2D eigenvalue weighted by molar-refractivity contribution is 5.85. The summed E-state index contributed by atoms with van der Waals surface area (Å²) in [7, 11) is 0. The third kappa shape index (κ3) is 5.16. The maximum atomic E-state index is 10.4. The molecule has 0 amide bonds. The predicted octanol–water partition coefficient (Wildman–Crippen LogP) is 3.16. The molecule has 1 heterocycles. The molecule has 1 fully saturated rings. The second-order valence-corrected chi connectivity index (χ2v) is 7.37. The number of β-amino-alcohol motifs (C(OH)–C–C–N with tert-alkyl or cyclic N) is 1. The minimum Gasteiger partial charge on any atom is -0.491 e. The first kappa shape index (κ1) is 20.0. The molecule has 0 saturated carbocycles. The van der Waals surface area contributed by atoms with Crippen LogP contribution in [0, 0.1) is 0 Å². The molecule has 0 bridgehead atoms. The predicted molar refractivity (Wildman–Crippen MR) is 112 cm³/mol. The number of aliphatic hydroxyl groups excluding tert-OH is 1. The van der Waals surface area contributed by atoms with Gasteiger partial charge in [0.2, 0.25) is 0 Å². The van der Waals surface area contributed by atoms with Gasteiger partial charge in [0.25, 0.3) is 0 Å². The van der Waals surface area contributed by atoms with E-state index >= 15 is 0 Å². The van der Waals surface area contributed by atoms with Gasteiger partial charge in [-0.3, -0.25) is 4.90 Å². The summed E-state index contributed by atoms with van der Waals surface area (Å²) in [5.41, 5.74) is 4.15. The smallest absolute Gasteiger partial charge is 0.119 e. The molecule has 2 aromatic rings. The van der Waals surface area contributed by atoms with Crippen molar-refractivity contribution in [1.29, 1.82) is 0 Å². The van der Waals surface area contributed by atoms with E-state index in [0.717, 1.165) is 38.3 Å². The van der Waals surface area contributed by atoms with Crippen LogP contribution in [0.2, 0.25) is 0 Å². The van der Waals surface area contributed by atoms with Crippen molar-refractivity contribution in [3.63, 3.8) is 0 Å². The number of anilines is 1. The van der Waals surface area contributed by atoms with Crippen molar-refractivity contribution in [2.24, 2.45) is 0 Å². The molecule has 1 N–H and O–H groups in total. The van der Waals surface area contributed by atoms with E-state index in [1.54, 1.807) is 0 Å². The van der Waals surface area contributed by atoms with Crippen LogP contribution < -0.4 is 9.64 Å². The lowest BCUT2D eigenvalue weighted by molar-refractivity contribution is 0.0663. The fraction of sp³-hybridized carbons (Fsp3) is 0.455. The second-order valence-electron chi connectivity index (χ2n) is 7.37. The zero-order valence-corrected chi connectivity index (χ0v) is 16.5. The van der Waals surface area contributed by atoms with Crippen molar-refractivity contribution in [1.82, 2.24) is 4.90 Å². The van der Waals surface area contributed by atoms with Crippen LogP contribution in [-0.2, 0) is 12.8 Å². The molecular weight excluding hydrogens is 360 g/mol. The Bertz CT molecular complexity index is 718. The van der Waals surface area contributed by atoms with Crippen LogP contribution >= 0.6 is 12.4 Å². The molecule has 2 aliphatic rings. The van der Waals surface area contributed by atoms with E-state index in [0.29, 0.717) is 13.2 Å². The largest absolute Gasteiger partial charge is 0.491 e. The number of aliphatic hydroxyl groups is 1. The number of hydrogen-bond donors (Lipinski definition) is 1. The van der Waals surface area contributed by atoms with Gasteiger partial charge in [-0.1, -0.05) is 24.3 Å². The number of para-hydroxylation sites is 1. The molecule has 4 nitrogen and oxygen atoms in total. The lowest BCUT2D eigenvalue weighted by Gasteiger charge is -2.36.